The predicted molar refractivity (Wildman–Crippen MR) is 74.6 cm³/mol. The summed E-state index contributed by atoms with van der Waals surface area (Å²) in [5.74, 6) is 0.453. The molecule has 19 heavy (non-hydrogen) atoms. The van der Waals surface area contributed by atoms with Crippen molar-refractivity contribution in [3.05, 3.63) is 46.6 Å². The van der Waals surface area contributed by atoms with Gasteiger partial charge in [-0.1, -0.05) is 29.8 Å². The summed E-state index contributed by atoms with van der Waals surface area (Å²) < 4.78 is 1.57. The second-order valence-corrected chi connectivity index (χ2v) is 4.63. The van der Waals surface area contributed by atoms with Gasteiger partial charge in [0.2, 0.25) is 5.91 Å². The fourth-order valence-electron chi connectivity index (χ4n) is 1.70. The number of benzene rings is 1. The maximum absolute atomic E-state index is 11.8. The number of aryl methyl sites for hydroxylation is 1. The highest BCUT2D eigenvalue weighted by atomic mass is 35.5. The van der Waals surface area contributed by atoms with Crippen molar-refractivity contribution in [2.24, 2.45) is 7.05 Å². The molecule has 0 aliphatic heterocycles. The van der Waals surface area contributed by atoms with Gasteiger partial charge in [0, 0.05) is 24.2 Å². The molecule has 0 spiro atoms. The van der Waals surface area contributed by atoms with E-state index in [0.29, 0.717) is 17.4 Å². The second kappa shape index (κ2) is 5.75. The molecule has 2 aromatic rings. The Morgan fingerprint density at radius 2 is 2.16 bits per heavy atom. The van der Waals surface area contributed by atoms with Gasteiger partial charge in [-0.05, 0) is 11.6 Å². The zero-order valence-electron chi connectivity index (χ0n) is 10.6. The van der Waals surface area contributed by atoms with Crippen LogP contribution in [-0.2, 0) is 24.8 Å². The molecule has 0 aliphatic rings. The van der Waals surface area contributed by atoms with Crippen molar-refractivity contribution >= 4 is 23.3 Å². The number of nitrogen functional groups attached to an aromatic ring is 1. The Labute approximate surface area is 116 Å². The number of nitrogens with zero attached hydrogens (tertiary/aromatic N) is 2. The summed E-state index contributed by atoms with van der Waals surface area (Å²) in [6, 6.07) is 7.29. The van der Waals surface area contributed by atoms with Gasteiger partial charge < -0.3 is 11.1 Å². The molecule has 6 heteroatoms. The lowest BCUT2D eigenvalue weighted by molar-refractivity contribution is -0.120. The number of hydrogen-bond donors (Lipinski definition) is 2. The number of amides is 1. The maximum atomic E-state index is 11.8. The van der Waals surface area contributed by atoms with Crippen molar-refractivity contribution in [2.45, 2.75) is 13.0 Å². The highest BCUT2D eigenvalue weighted by Gasteiger charge is 2.09. The largest absolute Gasteiger partial charge is 0.384 e. The van der Waals surface area contributed by atoms with Crippen LogP contribution in [0.15, 0.2) is 30.5 Å². The molecule has 0 saturated heterocycles. The van der Waals surface area contributed by atoms with Crippen molar-refractivity contribution < 1.29 is 4.79 Å². The van der Waals surface area contributed by atoms with Gasteiger partial charge in [0.15, 0.2) is 0 Å². The van der Waals surface area contributed by atoms with E-state index in [1.807, 2.05) is 18.2 Å². The molecule has 1 aromatic carbocycles. The number of hydrogen-bond acceptors (Lipinski definition) is 3. The molecule has 0 atom stereocenters. The lowest BCUT2D eigenvalue weighted by Crippen LogP contribution is -2.25. The van der Waals surface area contributed by atoms with Crippen molar-refractivity contribution in [1.29, 1.82) is 0 Å². The van der Waals surface area contributed by atoms with Crippen molar-refractivity contribution in [3.8, 4) is 0 Å². The topological polar surface area (TPSA) is 72.9 Å². The zero-order chi connectivity index (χ0) is 13.8. The smallest absolute Gasteiger partial charge is 0.224 e. The van der Waals surface area contributed by atoms with Crippen LogP contribution < -0.4 is 11.1 Å². The van der Waals surface area contributed by atoms with Crippen LogP contribution in [0.1, 0.15) is 11.1 Å². The fourth-order valence-corrected chi connectivity index (χ4v) is 1.90. The summed E-state index contributed by atoms with van der Waals surface area (Å²) in [7, 11) is 1.75. The first-order valence-electron chi connectivity index (χ1n) is 5.84. The Bertz CT molecular complexity index is 594. The van der Waals surface area contributed by atoms with E-state index in [9.17, 15) is 4.79 Å². The van der Waals surface area contributed by atoms with Gasteiger partial charge >= 0.3 is 0 Å². The van der Waals surface area contributed by atoms with Crippen molar-refractivity contribution in [3.63, 3.8) is 0 Å². The van der Waals surface area contributed by atoms with Crippen LogP contribution in [0.25, 0.3) is 0 Å². The number of halogens is 1. The summed E-state index contributed by atoms with van der Waals surface area (Å²) in [6.07, 6.45) is 1.89. The first kappa shape index (κ1) is 13.4. The minimum Gasteiger partial charge on any atom is -0.384 e. The normalized spacial score (nSPS) is 10.4. The van der Waals surface area contributed by atoms with Gasteiger partial charge in [-0.2, -0.15) is 5.10 Å². The van der Waals surface area contributed by atoms with Crippen LogP contribution in [-0.4, -0.2) is 15.7 Å². The Morgan fingerprint density at radius 3 is 2.79 bits per heavy atom. The Kier molecular flexibility index (Phi) is 4.06. The molecule has 1 aromatic heterocycles. The molecule has 0 radical (unpaired) electrons. The fraction of sp³-hybridized carbons (Fsp3) is 0.231. The van der Waals surface area contributed by atoms with E-state index in [2.05, 4.69) is 10.4 Å². The van der Waals surface area contributed by atoms with Crippen LogP contribution in [0.2, 0.25) is 5.02 Å². The zero-order valence-corrected chi connectivity index (χ0v) is 11.3. The molecule has 0 unspecified atom stereocenters. The van der Waals surface area contributed by atoms with Gasteiger partial charge in [-0.25, -0.2) is 0 Å². The number of aromatic nitrogens is 2. The molecule has 0 aliphatic carbocycles. The van der Waals surface area contributed by atoms with Crippen LogP contribution in [0.4, 0.5) is 5.82 Å². The van der Waals surface area contributed by atoms with Gasteiger partial charge in [-0.3, -0.25) is 9.48 Å². The molecular formula is C13H15ClN4O. The van der Waals surface area contributed by atoms with E-state index < -0.39 is 0 Å². The van der Waals surface area contributed by atoms with Crippen LogP contribution in [0.3, 0.4) is 0 Å². The van der Waals surface area contributed by atoms with Gasteiger partial charge in [0.1, 0.15) is 5.82 Å². The summed E-state index contributed by atoms with van der Waals surface area (Å²) in [5.41, 5.74) is 7.40. The number of nitrogens with one attached hydrogen (secondary N) is 1. The maximum Gasteiger partial charge on any atom is 0.224 e. The van der Waals surface area contributed by atoms with Crippen molar-refractivity contribution in [2.75, 3.05) is 5.73 Å². The van der Waals surface area contributed by atoms with Crippen LogP contribution >= 0.6 is 11.6 Å². The number of nitrogens with two attached hydrogens (primary N) is 1. The third-order valence-electron chi connectivity index (χ3n) is 2.85. The minimum atomic E-state index is -0.101. The second-order valence-electron chi connectivity index (χ2n) is 4.22. The molecule has 1 amide bonds. The minimum absolute atomic E-state index is 0.101. The molecule has 0 bridgehead atoms. The summed E-state index contributed by atoms with van der Waals surface area (Å²) in [5, 5.41) is 7.41. The molecule has 0 saturated carbocycles. The third kappa shape index (κ3) is 3.26. The summed E-state index contributed by atoms with van der Waals surface area (Å²) in [4.78, 5) is 11.8. The number of rotatable bonds is 4. The van der Waals surface area contributed by atoms with Gasteiger partial charge in [0.05, 0.1) is 12.6 Å². The molecule has 3 N–H and O–H groups in total. The summed E-state index contributed by atoms with van der Waals surface area (Å²) in [6.45, 7) is 0.364. The standard InChI is InChI=1S/C13H15ClN4O/c1-18-13(15)10(8-17-18)7-16-12(19)6-9-4-2-3-5-11(9)14/h2-5,8H,6-7,15H2,1H3,(H,16,19). The molecule has 100 valence electrons. The lowest BCUT2D eigenvalue weighted by Gasteiger charge is -2.06. The first-order valence-corrected chi connectivity index (χ1v) is 6.22. The number of carbonyl (C=O) groups is 1. The SMILES string of the molecule is Cn1ncc(CNC(=O)Cc2ccccc2Cl)c1N. The Morgan fingerprint density at radius 1 is 1.42 bits per heavy atom. The molecule has 1 heterocycles. The van der Waals surface area contributed by atoms with Crippen molar-refractivity contribution in [1.82, 2.24) is 15.1 Å². The van der Waals surface area contributed by atoms with E-state index in [1.54, 1.807) is 24.0 Å². The van der Waals surface area contributed by atoms with E-state index in [4.69, 9.17) is 17.3 Å². The van der Waals surface area contributed by atoms with Gasteiger partial charge in [0.25, 0.3) is 0 Å². The molecule has 5 nitrogen and oxygen atoms in total. The predicted octanol–water partition coefficient (Wildman–Crippen LogP) is 1.51. The van der Waals surface area contributed by atoms with E-state index in [0.717, 1.165) is 11.1 Å². The van der Waals surface area contributed by atoms with Crippen LogP contribution in [0, 0.1) is 0 Å². The highest BCUT2D eigenvalue weighted by molar-refractivity contribution is 6.31. The monoisotopic (exact) mass is 278 g/mol. The Balaban J connectivity index is 1.92. The Hall–Kier alpha value is -2.01. The average molecular weight is 279 g/mol. The molecular weight excluding hydrogens is 264 g/mol. The van der Waals surface area contributed by atoms with E-state index in [-0.39, 0.29) is 12.3 Å². The number of anilines is 1. The van der Waals surface area contributed by atoms with E-state index >= 15 is 0 Å². The quantitative estimate of drug-likeness (QED) is 0.890. The highest BCUT2D eigenvalue weighted by Crippen LogP contribution is 2.15. The third-order valence-corrected chi connectivity index (χ3v) is 3.22. The molecule has 2 rings (SSSR count). The number of carbonyl (C=O) groups excluding carboxylic acids is 1. The van der Waals surface area contributed by atoms with Gasteiger partial charge in [-0.15, -0.1) is 0 Å². The first-order chi connectivity index (χ1) is 9.08. The molecule has 0 fully saturated rings. The van der Waals surface area contributed by atoms with E-state index in [1.165, 1.54) is 0 Å². The lowest BCUT2D eigenvalue weighted by atomic mass is 10.1. The summed E-state index contributed by atoms with van der Waals surface area (Å²) >= 11 is 6.00. The average Bonchev–Trinajstić information content (AvgIpc) is 2.70. The van der Waals surface area contributed by atoms with Crippen LogP contribution in [0.5, 0.6) is 0 Å².